The quantitative estimate of drug-likeness (QED) is 0.816. The predicted molar refractivity (Wildman–Crippen MR) is 103 cm³/mol. The molecule has 3 fully saturated rings. The van der Waals surface area contributed by atoms with Crippen LogP contribution in [0.2, 0.25) is 0 Å². The third kappa shape index (κ3) is 4.65. The van der Waals surface area contributed by atoms with Gasteiger partial charge in [-0.3, -0.25) is 9.80 Å². The van der Waals surface area contributed by atoms with Crippen molar-refractivity contribution in [3.05, 3.63) is 35.9 Å². The molecule has 3 saturated heterocycles. The van der Waals surface area contributed by atoms with E-state index >= 15 is 0 Å². The van der Waals surface area contributed by atoms with Crippen molar-refractivity contribution in [2.45, 2.75) is 31.1 Å². The van der Waals surface area contributed by atoms with E-state index in [1.165, 1.54) is 31.7 Å². The summed E-state index contributed by atoms with van der Waals surface area (Å²) in [6.07, 6.45) is 2.64. The summed E-state index contributed by atoms with van der Waals surface area (Å²) in [6.45, 7) is 10.3. The van der Waals surface area contributed by atoms with Crippen LogP contribution in [-0.4, -0.2) is 92.5 Å². The highest BCUT2D eigenvalue weighted by Crippen LogP contribution is 2.34. The number of ether oxygens (including phenoxy) is 2. The van der Waals surface area contributed by atoms with E-state index < -0.39 is 0 Å². The Balaban J connectivity index is 1.33. The maximum Gasteiger partial charge on any atom is 0.105 e. The van der Waals surface area contributed by atoms with Crippen LogP contribution >= 0.6 is 0 Å². The smallest absolute Gasteiger partial charge is 0.105 e. The van der Waals surface area contributed by atoms with Crippen molar-refractivity contribution in [1.82, 2.24) is 14.7 Å². The van der Waals surface area contributed by atoms with E-state index in [4.69, 9.17) is 9.47 Å². The van der Waals surface area contributed by atoms with Crippen molar-refractivity contribution in [2.75, 3.05) is 66.1 Å². The van der Waals surface area contributed by atoms with Crippen LogP contribution in [0, 0.1) is 0 Å². The molecule has 0 saturated carbocycles. The molecule has 0 bridgehead atoms. The SMILES string of the molecule is CN1CCN(C[C@@H]2CC[C@@]3(COCCN(Cc4ccccc4)C3)O2)CC1. The normalized spacial score (nSPS) is 32.1. The molecule has 5 nitrogen and oxygen atoms in total. The topological polar surface area (TPSA) is 28.2 Å². The van der Waals surface area contributed by atoms with Crippen LogP contribution < -0.4 is 0 Å². The molecule has 3 aliphatic rings. The summed E-state index contributed by atoms with van der Waals surface area (Å²) in [5, 5.41) is 0. The summed E-state index contributed by atoms with van der Waals surface area (Å²) in [6, 6.07) is 10.8. The first-order chi connectivity index (χ1) is 12.7. The number of hydrogen-bond acceptors (Lipinski definition) is 5. The minimum atomic E-state index is -0.109. The molecule has 1 spiro atoms. The van der Waals surface area contributed by atoms with E-state index in [9.17, 15) is 0 Å². The monoisotopic (exact) mass is 359 g/mol. The molecular formula is C21H33N3O2. The Hall–Kier alpha value is -0.980. The van der Waals surface area contributed by atoms with Crippen molar-refractivity contribution >= 4 is 0 Å². The first-order valence-electron chi connectivity index (χ1n) is 10.1. The lowest BCUT2D eigenvalue weighted by molar-refractivity contribution is -0.0938. The zero-order valence-electron chi connectivity index (χ0n) is 16.1. The number of benzene rings is 1. The van der Waals surface area contributed by atoms with Crippen molar-refractivity contribution in [1.29, 1.82) is 0 Å². The maximum atomic E-state index is 6.65. The Morgan fingerprint density at radius 1 is 1.04 bits per heavy atom. The molecule has 0 radical (unpaired) electrons. The maximum absolute atomic E-state index is 6.65. The summed E-state index contributed by atoms with van der Waals surface area (Å²) >= 11 is 0. The standard InChI is InChI=1S/C21H33N3O2/c1-22-9-11-23(12-10-22)16-20-7-8-21(26-20)17-24(13-14-25-18-21)15-19-5-3-2-4-6-19/h2-6,20H,7-18H2,1H3/t20-,21+/m0/s1. The summed E-state index contributed by atoms with van der Waals surface area (Å²) in [7, 11) is 2.21. The van der Waals surface area contributed by atoms with Gasteiger partial charge < -0.3 is 14.4 Å². The van der Waals surface area contributed by atoms with Crippen molar-refractivity contribution in [2.24, 2.45) is 0 Å². The van der Waals surface area contributed by atoms with Gasteiger partial charge in [0.25, 0.3) is 0 Å². The molecule has 0 amide bonds. The first kappa shape index (κ1) is 18.4. The second-order valence-electron chi connectivity index (χ2n) is 8.31. The Morgan fingerprint density at radius 2 is 1.85 bits per heavy atom. The summed E-state index contributed by atoms with van der Waals surface area (Å²) in [5.41, 5.74) is 1.26. The van der Waals surface area contributed by atoms with Crippen LogP contribution in [0.15, 0.2) is 30.3 Å². The largest absolute Gasteiger partial charge is 0.377 e. The average molecular weight is 360 g/mol. The van der Waals surface area contributed by atoms with Gasteiger partial charge in [0.2, 0.25) is 0 Å². The first-order valence-corrected chi connectivity index (χ1v) is 10.1. The minimum absolute atomic E-state index is 0.109. The van der Waals surface area contributed by atoms with E-state index in [0.717, 1.165) is 52.2 Å². The fourth-order valence-electron chi connectivity index (χ4n) is 4.53. The molecule has 2 atom stereocenters. The number of piperazine rings is 1. The Bertz CT molecular complexity index is 562. The molecular weight excluding hydrogens is 326 g/mol. The van der Waals surface area contributed by atoms with E-state index in [0.29, 0.717) is 6.10 Å². The number of nitrogens with zero attached hydrogens (tertiary/aromatic N) is 3. The molecule has 1 aromatic carbocycles. The van der Waals surface area contributed by atoms with Gasteiger partial charge in [-0.05, 0) is 25.5 Å². The molecule has 0 unspecified atom stereocenters. The Kier molecular flexibility index (Phi) is 5.91. The molecule has 3 aliphatic heterocycles. The van der Waals surface area contributed by atoms with E-state index in [-0.39, 0.29) is 5.60 Å². The molecule has 0 aromatic heterocycles. The highest BCUT2D eigenvalue weighted by molar-refractivity contribution is 5.14. The average Bonchev–Trinajstić information content (AvgIpc) is 2.92. The molecule has 1 aromatic rings. The second-order valence-corrected chi connectivity index (χ2v) is 8.31. The summed E-state index contributed by atoms with van der Waals surface area (Å²) < 4.78 is 12.6. The van der Waals surface area contributed by atoms with Crippen LogP contribution in [0.5, 0.6) is 0 Å². The van der Waals surface area contributed by atoms with Gasteiger partial charge in [-0.2, -0.15) is 0 Å². The number of rotatable bonds is 4. The Labute approximate surface area is 157 Å². The van der Waals surface area contributed by atoms with E-state index in [1.54, 1.807) is 0 Å². The van der Waals surface area contributed by atoms with Gasteiger partial charge in [0.1, 0.15) is 5.60 Å². The second kappa shape index (κ2) is 8.36. The van der Waals surface area contributed by atoms with Gasteiger partial charge in [-0.15, -0.1) is 0 Å². The van der Waals surface area contributed by atoms with Crippen molar-refractivity contribution in [3.8, 4) is 0 Å². The number of likely N-dealkylation sites (N-methyl/N-ethyl adjacent to an activating group) is 1. The molecule has 0 aliphatic carbocycles. The van der Waals surface area contributed by atoms with Crippen LogP contribution in [-0.2, 0) is 16.0 Å². The van der Waals surface area contributed by atoms with Crippen LogP contribution in [0.3, 0.4) is 0 Å². The highest BCUT2D eigenvalue weighted by atomic mass is 16.6. The van der Waals surface area contributed by atoms with E-state index in [2.05, 4.69) is 52.1 Å². The van der Waals surface area contributed by atoms with Crippen LogP contribution in [0.1, 0.15) is 18.4 Å². The highest BCUT2D eigenvalue weighted by Gasteiger charge is 2.43. The minimum Gasteiger partial charge on any atom is -0.377 e. The molecule has 5 heteroatoms. The van der Waals surface area contributed by atoms with Gasteiger partial charge >= 0.3 is 0 Å². The zero-order valence-corrected chi connectivity index (χ0v) is 16.1. The fourth-order valence-corrected chi connectivity index (χ4v) is 4.53. The molecule has 26 heavy (non-hydrogen) atoms. The van der Waals surface area contributed by atoms with Gasteiger partial charge in [0.15, 0.2) is 0 Å². The lowest BCUT2D eigenvalue weighted by Crippen LogP contribution is -2.48. The predicted octanol–water partition coefficient (Wildman–Crippen LogP) is 1.68. The van der Waals surface area contributed by atoms with Crippen molar-refractivity contribution < 1.29 is 9.47 Å². The van der Waals surface area contributed by atoms with Crippen LogP contribution in [0.4, 0.5) is 0 Å². The van der Waals surface area contributed by atoms with Gasteiger partial charge in [-0.25, -0.2) is 0 Å². The fraction of sp³-hybridized carbons (Fsp3) is 0.714. The third-order valence-corrected chi connectivity index (χ3v) is 6.07. The lowest BCUT2D eigenvalue weighted by atomic mass is 9.99. The zero-order chi connectivity index (χ0) is 17.8. The summed E-state index contributed by atoms with van der Waals surface area (Å²) in [4.78, 5) is 7.50. The molecule has 144 valence electrons. The molecule has 3 heterocycles. The van der Waals surface area contributed by atoms with Crippen molar-refractivity contribution in [3.63, 3.8) is 0 Å². The molecule has 4 rings (SSSR count). The lowest BCUT2D eigenvalue weighted by Gasteiger charge is -2.35. The molecule has 0 N–H and O–H groups in total. The van der Waals surface area contributed by atoms with Crippen LogP contribution in [0.25, 0.3) is 0 Å². The van der Waals surface area contributed by atoms with E-state index in [1.807, 2.05) is 0 Å². The van der Waals surface area contributed by atoms with Gasteiger partial charge in [0, 0.05) is 52.4 Å². The Morgan fingerprint density at radius 3 is 2.65 bits per heavy atom. The number of hydrogen-bond donors (Lipinski definition) is 0. The third-order valence-electron chi connectivity index (χ3n) is 6.07. The summed E-state index contributed by atoms with van der Waals surface area (Å²) in [5.74, 6) is 0. The van der Waals surface area contributed by atoms with Gasteiger partial charge in [-0.1, -0.05) is 30.3 Å². The van der Waals surface area contributed by atoms with Gasteiger partial charge in [0.05, 0.1) is 19.3 Å².